The van der Waals surface area contributed by atoms with Crippen molar-refractivity contribution in [3.05, 3.63) is 0 Å². The normalized spacial score (nSPS) is 17.8. The quantitative estimate of drug-likeness (QED) is 0.668. The van der Waals surface area contributed by atoms with Gasteiger partial charge in [0.2, 0.25) is 0 Å². The van der Waals surface area contributed by atoms with Gasteiger partial charge in [-0.3, -0.25) is 4.90 Å². The molecule has 3 nitrogen and oxygen atoms in total. The molecule has 2 atom stereocenters. The van der Waals surface area contributed by atoms with Gasteiger partial charge in [-0.15, -0.1) is 0 Å². The molecule has 0 fully saturated rings. The van der Waals surface area contributed by atoms with Crippen molar-refractivity contribution in [2.45, 2.75) is 65.6 Å². The summed E-state index contributed by atoms with van der Waals surface area (Å²) in [7, 11) is 0. The van der Waals surface area contributed by atoms with E-state index in [9.17, 15) is 5.11 Å². The van der Waals surface area contributed by atoms with Gasteiger partial charge in [0.1, 0.15) is 0 Å². The van der Waals surface area contributed by atoms with Crippen molar-refractivity contribution in [2.24, 2.45) is 0 Å². The van der Waals surface area contributed by atoms with E-state index in [2.05, 4.69) is 44.8 Å². The highest BCUT2D eigenvalue weighted by Gasteiger charge is 2.25. The Bertz CT molecular complexity index is 181. The van der Waals surface area contributed by atoms with Gasteiger partial charge in [0.25, 0.3) is 0 Å². The molecule has 0 rings (SSSR count). The minimum atomic E-state index is -0.649. The van der Waals surface area contributed by atoms with Crippen LogP contribution in [0, 0.1) is 0 Å². The van der Waals surface area contributed by atoms with E-state index in [0.717, 1.165) is 19.5 Å². The summed E-state index contributed by atoms with van der Waals surface area (Å²) >= 11 is 0. The summed E-state index contributed by atoms with van der Waals surface area (Å²) in [5, 5.41) is 13.6. The van der Waals surface area contributed by atoms with Crippen molar-refractivity contribution in [3.63, 3.8) is 0 Å². The maximum absolute atomic E-state index is 10.3. The number of rotatable bonds is 8. The van der Waals surface area contributed by atoms with E-state index >= 15 is 0 Å². The molecule has 0 aliphatic heterocycles. The standard InChI is InChI=1S/C13H30N2O/c1-7-12(5)15(8-2)10-13(6,16)9-14-11(3)4/h11-12,14,16H,7-10H2,1-6H3. The summed E-state index contributed by atoms with van der Waals surface area (Å²) in [5.41, 5.74) is -0.649. The lowest BCUT2D eigenvalue weighted by atomic mass is 10.0. The fourth-order valence-electron chi connectivity index (χ4n) is 1.75. The predicted molar refractivity (Wildman–Crippen MR) is 70.8 cm³/mol. The zero-order valence-corrected chi connectivity index (χ0v) is 11.9. The van der Waals surface area contributed by atoms with E-state index in [4.69, 9.17) is 0 Å². The second kappa shape index (κ2) is 7.25. The highest BCUT2D eigenvalue weighted by molar-refractivity contribution is 4.82. The molecule has 0 bridgehead atoms. The molecule has 0 aromatic carbocycles. The Labute approximate surface area is 101 Å². The monoisotopic (exact) mass is 230 g/mol. The Morgan fingerprint density at radius 2 is 1.81 bits per heavy atom. The second-order valence-corrected chi connectivity index (χ2v) is 5.35. The van der Waals surface area contributed by atoms with Crippen LogP contribution in [0.2, 0.25) is 0 Å². The van der Waals surface area contributed by atoms with Crippen molar-refractivity contribution in [2.75, 3.05) is 19.6 Å². The lowest BCUT2D eigenvalue weighted by Crippen LogP contribution is -2.50. The van der Waals surface area contributed by atoms with Crippen LogP contribution < -0.4 is 5.32 Å². The molecule has 0 aromatic rings. The maximum Gasteiger partial charge on any atom is 0.0869 e. The summed E-state index contributed by atoms with van der Waals surface area (Å²) in [4.78, 5) is 2.34. The van der Waals surface area contributed by atoms with Gasteiger partial charge in [-0.05, 0) is 26.8 Å². The van der Waals surface area contributed by atoms with Crippen molar-refractivity contribution in [3.8, 4) is 0 Å². The van der Waals surface area contributed by atoms with Crippen LogP contribution in [-0.4, -0.2) is 47.3 Å². The van der Waals surface area contributed by atoms with E-state index in [1.165, 1.54) is 0 Å². The van der Waals surface area contributed by atoms with E-state index in [1.807, 2.05) is 6.92 Å². The fourth-order valence-corrected chi connectivity index (χ4v) is 1.75. The molecule has 0 heterocycles. The molecule has 2 unspecified atom stereocenters. The largest absolute Gasteiger partial charge is 0.388 e. The van der Waals surface area contributed by atoms with Gasteiger partial charge < -0.3 is 10.4 Å². The third-order valence-electron chi connectivity index (χ3n) is 3.06. The first-order valence-corrected chi connectivity index (χ1v) is 6.52. The third-order valence-corrected chi connectivity index (χ3v) is 3.06. The maximum atomic E-state index is 10.3. The van der Waals surface area contributed by atoms with Gasteiger partial charge in [0, 0.05) is 25.2 Å². The van der Waals surface area contributed by atoms with Crippen LogP contribution in [0.5, 0.6) is 0 Å². The van der Waals surface area contributed by atoms with Crippen LogP contribution in [-0.2, 0) is 0 Å². The average Bonchev–Trinajstić information content (AvgIpc) is 2.22. The van der Waals surface area contributed by atoms with Crippen LogP contribution in [0.3, 0.4) is 0 Å². The number of nitrogens with one attached hydrogen (secondary N) is 1. The van der Waals surface area contributed by atoms with E-state index in [1.54, 1.807) is 0 Å². The SMILES string of the molecule is CCC(C)N(CC)CC(C)(O)CNC(C)C. The zero-order valence-electron chi connectivity index (χ0n) is 11.9. The Hall–Kier alpha value is -0.120. The van der Waals surface area contributed by atoms with Gasteiger partial charge in [0.05, 0.1) is 5.60 Å². The van der Waals surface area contributed by atoms with Crippen LogP contribution in [0.15, 0.2) is 0 Å². The molecule has 0 aliphatic rings. The summed E-state index contributed by atoms with van der Waals surface area (Å²) in [6, 6.07) is 0.959. The molecule has 0 spiro atoms. The van der Waals surface area contributed by atoms with Crippen molar-refractivity contribution < 1.29 is 5.11 Å². The van der Waals surface area contributed by atoms with Crippen molar-refractivity contribution >= 4 is 0 Å². The van der Waals surface area contributed by atoms with Crippen LogP contribution >= 0.6 is 0 Å². The molecular weight excluding hydrogens is 200 g/mol. The van der Waals surface area contributed by atoms with Gasteiger partial charge in [-0.2, -0.15) is 0 Å². The molecule has 98 valence electrons. The minimum Gasteiger partial charge on any atom is -0.388 e. The first-order valence-electron chi connectivity index (χ1n) is 6.52. The number of hydrogen-bond acceptors (Lipinski definition) is 3. The smallest absolute Gasteiger partial charge is 0.0869 e. The van der Waals surface area contributed by atoms with Gasteiger partial charge in [0.15, 0.2) is 0 Å². The van der Waals surface area contributed by atoms with Crippen LogP contribution in [0.25, 0.3) is 0 Å². The lowest BCUT2D eigenvalue weighted by molar-refractivity contribution is 0.00863. The summed E-state index contributed by atoms with van der Waals surface area (Å²) in [6.07, 6.45) is 1.13. The highest BCUT2D eigenvalue weighted by atomic mass is 16.3. The summed E-state index contributed by atoms with van der Waals surface area (Å²) in [6.45, 7) is 15.0. The molecule has 3 heteroatoms. The summed E-state index contributed by atoms with van der Waals surface area (Å²) in [5.74, 6) is 0. The molecule has 0 saturated carbocycles. The topological polar surface area (TPSA) is 35.5 Å². The van der Waals surface area contributed by atoms with Crippen molar-refractivity contribution in [1.82, 2.24) is 10.2 Å². The van der Waals surface area contributed by atoms with E-state index in [-0.39, 0.29) is 0 Å². The number of likely N-dealkylation sites (N-methyl/N-ethyl adjacent to an activating group) is 1. The Balaban J connectivity index is 4.19. The molecular formula is C13H30N2O. The minimum absolute atomic E-state index is 0.421. The molecule has 0 aliphatic carbocycles. The van der Waals surface area contributed by atoms with Gasteiger partial charge in [-0.25, -0.2) is 0 Å². The van der Waals surface area contributed by atoms with Gasteiger partial charge in [-0.1, -0.05) is 27.7 Å². The molecule has 0 radical (unpaired) electrons. The first kappa shape index (κ1) is 15.9. The molecule has 0 saturated heterocycles. The highest BCUT2D eigenvalue weighted by Crippen LogP contribution is 2.10. The average molecular weight is 230 g/mol. The Kier molecular flexibility index (Phi) is 7.20. The van der Waals surface area contributed by atoms with Gasteiger partial charge >= 0.3 is 0 Å². The van der Waals surface area contributed by atoms with Crippen LogP contribution in [0.4, 0.5) is 0 Å². The summed E-state index contributed by atoms with van der Waals surface area (Å²) < 4.78 is 0. The lowest BCUT2D eigenvalue weighted by Gasteiger charge is -2.35. The van der Waals surface area contributed by atoms with Crippen molar-refractivity contribution in [1.29, 1.82) is 0 Å². The number of aliphatic hydroxyl groups is 1. The third kappa shape index (κ3) is 6.46. The molecule has 2 N–H and O–H groups in total. The number of hydrogen-bond donors (Lipinski definition) is 2. The van der Waals surface area contributed by atoms with E-state index in [0.29, 0.717) is 18.6 Å². The van der Waals surface area contributed by atoms with Crippen LogP contribution in [0.1, 0.15) is 48.0 Å². The predicted octanol–water partition coefficient (Wildman–Crippen LogP) is 1.86. The first-order chi connectivity index (χ1) is 7.32. The van der Waals surface area contributed by atoms with E-state index < -0.39 is 5.60 Å². The molecule has 0 aromatic heterocycles. The Morgan fingerprint density at radius 1 is 1.25 bits per heavy atom. The molecule has 16 heavy (non-hydrogen) atoms. The zero-order chi connectivity index (χ0) is 12.8. The number of nitrogens with zero attached hydrogens (tertiary/aromatic N) is 1. The molecule has 0 amide bonds. The Morgan fingerprint density at radius 3 is 2.19 bits per heavy atom. The fraction of sp³-hybridized carbons (Fsp3) is 1.00. The second-order valence-electron chi connectivity index (χ2n) is 5.35.